The van der Waals surface area contributed by atoms with Crippen LogP contribution in [-0.2, 0) is 4.74 Å². The number of hydrogen-bond acceptors (Lipinski definition) is 3. The van der Waals surface area contributed by atoms with Crippen molar-refractivity contribution >= 4 is 6.09 Å². The second-order valence-corrected chi connectivity index (χ2v) is 5.96. The Kier molecular flexibility index (Phi) is 2.86. The van der Waals surface area contributed by atoms with Gasteiger partial charge in [-0.3, -0.25) is 0 Å². The molecule has 3 aliphatic rings. The van der Waals surface area contributed by atoms with Crippen LogP contribution in [0.2, 0.25) is 0 Å². The van der Waals surface area contributed by atoms with Crippen molar-refractivity contribution in [2.45, 2.75) is 45.3 Å². The van der Waals surface area contributed by atoms with E-state index in [2.05, 4.69) is 0 Å². The van der Waals surface area contributed by atoms with Gasteiger partial charge in [0.15, 0.2) is 0 Å². The molecule has 1 aliphatic carbocycles. The quantitative estimate of drug-likeness (QED) is 0.740. The summed E-state index contributed by atoms with van der Waals surface area (Å²) in [5.74, 6) is 0.867. The molecule has 1 saturated carbocycles. The molecule has 2 heterocycles. The minimum absolute atomic E-state index is 0.177. The number of nitrogens with zero attached hydrogens (tertiary/aromatic N) is 1. The Morgan fingerprint density at radius 3 is 2.56 bits per heavy atom. The van der Waals surface area contributed by atoms with E-state index in [1.165, 1.54) is 0 Å². The molecule has 3 fully saturated rings. The van der Waals surface area contributed by atoms with Gasteiger partial charge in [0, 0.05) is 25.1 Å². The number of ether oxygens (including phenoxy) is 1. The molecule has 16 heavy (non-hydrogen) atoms. The lowest BCUT2D eigenvalue weighted by Gasteiger charge is -2.52. The molecule has 1 amide bonds. The number of fused-ring (bicyclic) bond motifs is 2. The number of carbonyl (C=O) groups excluding carboxylic acids is 1. The van der Waals surface area contributed by atoms with Crippen LogP contribution >= 0.6 is 0 Å². The molecule has 2 bridgehead atoms. The van der Waals surface area contributed by atoms with Crippen LogP contribution in [0, 0.1) is 11.8 Å². The largest absolute Gasteiger partial charge is 0.444 e. The van der Waals surface area contributed by atoms with E-state index < -0.39 is 5.60 Å². The summed E-state index contributed by atoms with van der Waals surface area (Å²) in [6.45, 7) is 6.46. The van der Waals surface area contributed by atoms with Crippen molar-refractivity contribution in [2.75, 3.05) is 13.2 Å². The van der Waals surface area contributed by atoms with Crippen molar-refractivity contribution in [1.29, 1.82) is 0 Å². The molecule has 0 aromatic rings. The molecule has 3 rings (SSSR count). The Morgan fingerprint density at radius 1 is 1.44 bits per heavy atom. The molecule has 0 radical (unpaired) electrons. The van der Waals surface area contributed by atoms with Gasteiger partial charge in [0.2, 0.25) is 0 Å². The van der Waals surface area contributed by atoms with E-state index in [9.17, 15) is 9.90 Å². The summed E-state index contributed by atoms with van der Waals surface area (Å²) in [4.78, 5) is 13.7. The van der Waals surface area contributed by atoms with Gasteiger partial charge in [-0.25, -0.2) is 4.79 Å². The average molecular weight is 227 g/mol. The maximum Gasteiger partial charge on any atom is 0.410 e. The Bertz CT molecular complexity index is 278. The van der Waals surface area contributed by atoms with Crippen molar-refractivity contribution in [3.63, 3.8) is 0 Å². The minimum Gasteiger partial charge on any atom is -0.444 e. The van der Waals surface area contributed by atoms with Gasteiger partial charge in [0.1, 0.15) is 5.60 Å². The first-order chi connectivity index (χ1) is 7.40. The van der Waals surface area contributed by atoms with E-state index >= 15 is 0 Å². The van der Waals surface area contributed by atoms with E-state index in [4.69, 9.17) is 4.74 Å². The summed E-state index contributed by atoms with van der Waals surface area (Å²) in [7, 11) is 0. The van der Waals surface area contributed by atoms with Crippen LogP contribution < -0.4 is 0 Å². The van der Waals surface area contributed by atoms with E-state index in [0.717, 1.165) is 12.8 Å². The van der Waals surface area contributed by atoms with Crippen LogP contribution in [0.25, 0.3) is 0 Å². The molecule has 4 heteroatoms. The van der Waals surface area contributed by atoms with Crippen molar-refractivity contribution < 1.29 is 14.6 Å². The maximum atomic E-state index is 11.9. The van der Waals surface area contributed by atoms with Gasteiger partial charge in [-0.2, -0.15) is 0 Å². The molecule has 4 nitrogen and oxygen atoms in total. The van der Waals surface area contributed by atoms with Gasteiger partial charge in [-0.1, -0.05) is 0 Å². The third-order valence-electron chi connectivity index (χ3n) is 3.55. The zero-order valence-electron chi connectivity index (χ0n) is 10.3. The zero-order chi connectivity index (χ0) is 11.9. The molecule has 1 atom stereocenters. The van der Waals surface area contributed by atoms with Crippen LogP contribution in [0.1, 0.15) is 33.6 Å². The lowest BCUT2D eigenvalue weighted by molar-refractivity contribution is -0.0617. The third kappa shape index (κ3) is 2.17. The minimum atomic E-state index is -0.438. The topological polar surface area (TPSA) is 49.8 Å². The molecule has 2 aliphatic heterocycles. The average Bonchev–Trinajstić information content (AvgIpc) is 2.12. The standard InChI is InChI=1S/C12H21NO3/c1-12(2,3)16-11(15)13-6-9(7-14)8-4-10(13)5-8/h8-10,14H,4-7H2,1-3H3. The molecular formula is C12H21NO3. The molecule has 2 saturated heterocycles. The van der Waals surface area contributed by atoms with Gasteiger partial charge in [-0.05, 0) is 39.5 Å². The number of hydrogen-bond donors (Lipinski definition) is 1. The van der Waals surface area contributed by atoms with Crippen LogP contribution in [0.5, 0.6) is 0 Å². The second-order valence-electron chi connectivity index (χ2n) is 5.96. The number of carbonyl (C=O) groups is 1. The highest BCUT2D eigenvalue weighted by molar-refractivity contribution is 5.69. The third-order valence-corrected chi connectivity index (χ3v) is 3.55. The van der Waals surface area contributed by atoms with Gasteiger partial charge in [-0.15, -0.1) is 0 Å². The Hall–Kier alpha value is -0.770. The smallest absolute Gasteiger partial charge is 0.410 e. The van der Waals surface area contributed by atoms with Crippen molar-refractivity contribution in [1.82, 2.24) is 4.90 Å². The van der Waals surface area contributed by atoms with Crippen LogP contribution in [-0.4, -0.2) is 40.9 Å². The number of aliphatic hydroxyl groups excluding tert-OH is 1. The Morgan fingerprint density at radius 2 is 2.06 bits per heavy atom. The molecule has 1 unspecified atom stereocenters. The van der Waals surface area contributed by atoms with Gasteiger partial charge < -0.3 is 14.7 Å². The highest BCUT2D eigenvalue weighted by Crippen LogP contribution is 2.43. The Labute approximate surface area is 96.6 Å². The van der Waals surface area contributed by atoms with Gasteiger partial charge in [0.05, 0.1) is 0 Å². The highest BCUT2D eigenvalue weighted by atomic mass is 16.6. The molecular weight excluding hydrogens is 206 g/mol. The fraction of sp³-hybridized carbons (Fsp3) is 0.917. The number of piperidine rings is 2. The van der Waals surface area contributed by atoms with Crippen molar-refractivity contribution in [3.8, 4) is 0 Å². The number of amides is 1. The van der Waals surface area contributed by atoms with E-state index in [1.807, 2.05) is 20.8 Å². The highest BCUT2D eigenvalue weighted by Gasteiger charge is 2.47. The second kappa shape index (κ2) is 3.91. The van der Waals surface area contributed by atoms with Crippen LogP contribution in [0.15, 0.2) is 0 Å². The van der Waals surface area contributed by atoms with E-state index in [1.54, 1.807) is 4.90 Å². The van der Waals surface area contributed by atoms with E-state index in [0.29, 0.717) is 18.5 Å². The van der Waals surface area contributed by atoms with E-state index in [-0.39, 0.29) is 18.6 Å². The monoisotopic (exact) mass is 227 g/mol. The summed E-state index contributed by atoms with van der Waals surface area (Å²) in [6, 6.07) is 0.350. The normalized spacial score (nSPS) is 33.2. The lowest BCUT2D eigenvalue weighted by Crippen LogP contribution is -2.59. The predicted molar refractivity (Wildman–Crippen MR) is 60.0 cm³/mol. The summed E-state index contributed by atoms with van der Waals surface area (Å²) in [5.41, 5.74) is -0.438. The first-order valence-electron chi connectivity index (χ1n) is 6.01. The van der Waals surface area contributed by atoms with Crippen LogP contribution in [0.3, 0.4) is 0 Å². The zero-order valence-corrected chi connectivity index (χ0v) is 10.3. The Balaban J connectivity index is 1.96. The summed E-state index contributed by atoms with van der Waals surface area (Å²) >= 11 is 0. The molecule has 0 aromatic carbocycles. The van der Waals surface area contributed by atoms with Gasteiger partial charge >= 0.3 is 6.09 Å². The molecule has 1 N–H and O–H groups in total. The lowest BCUT2D eigenvalue weighted by atomic mass is 9.68. The van der Waals surface area contributed by atoms with Crippen LogP contribution in [0.4, 0.5) is 4.79 Å². The fourth-order valence-corrected chi connectivity index (χ4v) is 2.57. The first-order valence-corrected chi connectivity index (χ1v) is 6.01. The number of rotatable bonds is 1. The molecule has 0 spiro atoms. The maximum absolute atomic E-state index is 11.9. The SMILES string of the molecule is CC(C)(C)OC(=O)N1CC(CO)C2CC1C2. The summed E-state index contributed by atoms with van der Waals surface area (Å²) < 4.78 is 5.37. The molecule has 92 valence electrons. The predicted octanol–water partition coefficient (Wildman–Crippen LogP) is 1.62. The summed E-state index contributed by atoms with van der Waals surface area (Å²) in [6.07, 6.45) is 1.84. The molecule has 0 aromatic heterocycles. The number of aliphatic hydroxyl groups is 1. The van der Waals surface area contributed by atoms with Gasteiger partial charge in [0.25, 0.3) is 0 Å². The first kappa shape index (κ1) is 11.7. The summed E-state index contributed by atoms with van der Waals surface area (Å²) in [5, 5.41) is 9.24. The van der Waals surface area contributed by atoms with Crippen molar-refractivity contribution in [3.05, 3.63) is 0 Å². The van der Waals surface area contributed by atoms with Crippen molar-refractivity contribution in [2.24, 2.45) is 11.8 Å². The fourth-order valence-electron chi connectivity index (χ4n) is 2.57.